The molecule has 1 heterocycles. The van der Waals surface area contributed by atoms with Crippen molar-refractivity contribution in [3.8, 4) is 0 Å². The lowest BCUT2D eigenvalue weighted by Gasteiger charge is -2.07. The maximum absolute atomic E-state index is 11.7. The van der Waals surface area contributed by atoms with Gasteiger partial charge in [-0.15, -0.1) is 0 Å². The summed E-state index contributed by atoms with van der Waals surface area (Å²) in [6.45, 7) is 4.20. The Hall–Kier alpha value is -0.850. The first kappa shape index (κ1) is 12.2. The van der Waals surface area contributed by atoms with E-state index >= 15 is 0 Å². The van der Waals surface area contributed by atoms with Gasteiger partial charge in [0.2, 0.25) is 10.0 Å². The second kappa shape index (κ2) is 4.78. The normalized spacial score (nSPS) is 12.3. The first-order valence-corrected chi connectivity index (χ1v) is 6.28. The highest BCUT2D eigenvalue weighted by atomic mass is 32.2. The van der Waals surface area contributed by atoms with Crippen LogP contribution in [0.15, 0.2) is 17.2 Å². The molecule has 6 heteroatoms. The van der Waals surface area contributed by atoms with E-state index in [9.17, 15) is 8.42 Å². The molecule has 86 valence electrons. The third kappa shape index (κ3) is 3.33. The smallest absolute Gasteiger partial charge is 0.242 e. The molecule has 1 rings (SSSR count). The van der Waals surface area contributed by atoms with Crippen LogP contribution in [0.3, 0.4) is 0 Å². The van der Waals surface area contributed by atoms with Gasteiger partial charge in [-0.3, -0.25) is 0 Å². The fourth-order valence-corrected chi connectivity index (χ4v) is 2.51. The van der Waals surface area contributed by atoms with E-state index in [1.165, 1.54) is 6.20 Å². The Labute approximate surface area is 90.3 Å². The number of aromatic nitrogens is 1. The predicted octanol–water partition coefficient (Wildman–Crippen LogP) is 0.421. The average Bonchev–Trinajstić information content (AvgIpc) is 2.51. The lowest BCUT2D eigenvalue weighted by molar-refractivity contribution is 0.570. The standard InChI is InChI=1S/C9H17N3O2S/c1-7(2)12-15(13,14)9-4-8(5-10-3)11-6-9/h4,6-7,10-12H,5H2,1-3H3. The molecule has 0 aliphatic rings. The van der Waals surface area contributed by atoms with Crippen molar-refractivity contribution >= 4 is 10.0 Å². The quantitative estimate of drug-likeness (QED) is 0.687. The Morgan fingerprint density at radius 1 is 1.47 bits per heavy atom. The summed E-state index contributed by atoms with van der Waals surface area (Å²) >= 11 is 0. The van der Waals surface area contributed by atoms with Crippen molar-refractivity contribution in [3.63, 3.8) is 0 Å². The topological polar surface area (TPSA) is 74.0 Å². The minimum atomic E-state index is -3.37. The summed E-state index contributed by atoms with van der Waals surface area (Å²) in [6, 6.07) is 1.53. The molecule has 0 aromatic carbocycles. The summed E-state index contributed by atoms with van der Waals surface area (Å²) in [5.41, 5.74) is 0.849. The van der Waals surface area contributed by atoms with Crippen LogP contribution in [0.4, 0.5) is 0 Å². The highest BCUT2D eigenvalue weighted by molar-refractivity contribution is 7.89. The summed E-state index contributed by atoms with van der Waals surface area (Å²) in [5.74, 6) is 0. The number of hydrogen-bond acceptors (Lipinski definition) is 3. The Morgan fingerprint density at radius 2 is 2.13 bits per heavy atom. The van der Waals surface area contributed by atoms with Gasteiger partial charge in [0.1, 0.15) is 0 Å². The molecule has 3 N–H and O–H groups in total. The summed E-state index contributed by atoms with van der Waals surface area (Å²) in [6.07, 6.45) is 1.50. The van der Waals surface area contributed by atoms with E-state index in [-0.39, 0.29) is 10.9 Å². The van der Waals surface area contributed by atoms with Gasteiger partial charge in [-0.05, 0) is 27.0 Å². The highest BCUT2D eigenvalue weighted by Gasteiger charge is 2.16. The number of nitrogens with one attached hydrogen (secondary N) is 3. The first-order chi connectivity index (χ1) is 6.95. The van der Waals surface area contributed by atoms with Crippen molar-refractivity contribution in [1.29, 1.82) is 0 Å². The molecule has 0 aliphatic carbocycles. The van der Waals surface area contributed by atoms with Gasteiger partial charge >= 0.3 is 0 Å². The number of rotatable bonds is 5. The van der Waals surface area contributed by atoms with Crippen LogP contribution in [-0.4, -0.2) is 26.5 Å². The molecule has 0 amide bonds. The Bertz CT molecular complexity index is 409. The maximum Gasteiger partial charge on any atom is 0.242 e. The number of aromatic amines is 1. The number of H-pyrrole nitrogens is 1. The van der Waals surface area contributed by atoms with E-state index < -0.39 is 10.0 Å². The van der Waals surface area contributed by atoms with E-state index in [4.69, 9.17) is 0 Å². The third-order valence-electron chi connectivity index (χ3n) is 1.78. The molecular formula is C9H17N3O2S. The molecule has 1 aromatic rings. The van der Waals surface area contributed by atoms with Crippen LogP contribution in [0.1, 0.15) is 19.5 Å². The van der Waals surface area contributed by atoms with Gasteiger partial charge < -0.3 is 10.3 Å². The number of hydrogen-bond donors (Lipinski definition) is 3. The van der Waals surface area contributed by atoms with Crippen LogP contribution >= 0.6 is 0 Å². The third-order valence-corrected chi connectivity index (χ3v) is 3.42. The van der Waals surface area contributed by atoms with E-state index in [1.807, 2.05) is 0 Å². The Kier molecular flexibility index (Phi) is 3.90. The van der Waals surface area contributed by atoms with Crippen molar-refractivity contribution < 1.29 is 8.42 Å². The Morgan fingerprint density at radius 3 is 2.67 bits per heavy atom. The van der Waals surface area contributed by atoms with Gasteiger partial charge in [0, 0.05) is 24.5 Å². The van der Waals surface area contributed by atoms with Crippen molar-refractivity contribution in [2.24, 2.45) is 0 Å². The largest absolute Gasteiger partial charge is 0.363 e. The maximum atomic E-state index is 11.7. The molecule has 5 nitrogen and oxygen atoms in total. The first-order valence-electron chi connectivity index (χ1n) is 4.80. The zero-order valence-electron chi connectivity index (χ0n) is 9.16. The second-order valence-electron chi connectivity index (χ2n) is 3.67. The van der Waals surface area contributed by atoms with Crippen molar-refractivity contribution in [2.75, 3.05) is 7.05 Å². The van der Waals surface area contributed by atoms with Gasteiger partial charge in [-0.25, -0.2) is 13.1 Å². The second-order valence-corrected chi connectivity index (χ2v) is 5.38. The van der Waals surface area contributed by atoms with Gasteiger partial charge in [-0.1, -0.05) is 0 Å². The molecule has 0 saturated carbocycles. The molecule has 0 radical (unpaired) electrons. The molecule has 0 atom stereocenters. The summed E-state index contributed by atoms with van der Waals surface area (Å²) in [7, 11) is -1.56. The molecule has 0 saturated heterocycles. The lowest BCUT2D eigenvalue weighted by atomic mass is 10.4. The van der Waals surface area contributed by atoms with Crippen LogP contribution in [0.5, 0.6) is 0 Å². The molecule has 15 heavy (non-hydrogen) atoms. The van der Waals surface area contributed by atoms with Crippen molar-refractivity contribution in [1.82, 2.24) is 15.0 Å². The molecule has 0 spiro atoms. The van der Waals surface area contributed by atoms with Crippen LogP contribution in [0.2, 0.25) is 0 Å². The fourth-order valence-electron chi connectivity index (χ4n) is 1.24. The summed E-state index contributed by atoms with van der Waals surface area (Å²) < 4.78 is 25.9. The number of sulfonamides is 1. The van der Waals surface area contributed by atoms with Gasteiger partial charge in [0.25, 0.3) is 0 Å². The highest BCUT2D eigenvalue weighted by Crippen LogP contribution is 2.10. The molecule has 0 bridgehead atoms. The Balaban J connectivity index is 2.86. The van der Waals surface area contributed by atoms with Crippen LogP contribution in [-0.2, 0) is 16.6 Å². The molecule has 0 aliphatic heterocycles. The molecule has 0 fully saturated rings. The molecule has 1 aromatic heterocycles. The van der Waals surface area contributed by atoms with Crippen LogP contribution < -0.4 is 10.0 Å². The summed E-state index contributed by atoms with van der Waals surface area (Å²) in [4.78, 5) is 3.18. The van der Waals surface area contributed by atoms with E-state index in [1.54, 1.807) is 27.0 Å². The minimum Gasteiger partial charge on any atom is -0.363 e. The fraction of sp³-hybridized carbons (Fsp3) is 0.556. The van der Waals surface area contributed by atoms with E-state index in [2.05, 4.69) is 15.0 Å². The molecule has 0 unspecified atom stereocenters. The monoisotopic (exact) mass is 231 g/mol. The van der Waals surface area contributed by atoms with Gasteiger partial charge in [0.05, 0.1) is 4.90 Å². The van der Waals surface area contributed by atoms with Crippen LogP contribution in [0.25, 0.3) is 0 Å². The lowest BCUT2D eigenvalue weighted by Crippen LogP contribution is -2.29. The van der Waals surface area contributed by atoms with E-state index in [0.717, 1.165) is 5.69 Å². The van der Waals surface area contributed by atoms with Crippen molar-refractivity contribution in [3.05, 3.63) is 18.0 Å². The van der Waals surface area contributed by atoms with Gasteiger partial charge in [-0.2, -0.15) is 0 Å². The van der Waals surface area contributed by atoms with Crippen LogP contribution in [0, 0.1) is 0 Å². The average molecular weight is 231 g/mol. The predicted molar refractivity (Wildman–Crippen MR) is 59.0 cm³/mol. The SMILES string of the molecule is CNCc1cc(S(=O)(=O)NC(C)C)c[nH]1. The van der Waals surface area contributed by atoms with Gasteiger partial charge in [0.15, 0.2) is 0 Å². The van der Waals surface area contributed by atoms with E-state index in [0.29, 0.717) is 6.54 Å². The molecular weight excluding hydrogens is 214 g/mol. The minimum absolute atomic E-state index is 0.0994. The van der Waals surface area contributed by atoms with Crippen molar-refractivity contribution in [2.45, 2.75) is 31.3 Å². The zero-order valence-corrected chi connectivity index (χ0v) is 9.98. The zero-order chi connectivity index (χ0) is 11.5. The summed E-state index contributed by atoms with van der Waals surface area (Å²) in [5, 5.41) is 2.94.